The number of amides is 1. The number of nitrogens with zero attached hydrogens (tertiary/aromatic N) is 1. The Labute approximate surface area is 110 Å². The molecule has 102 valence electrons. The highest BCUT2D eigenvalue weighted by atomic mass is 16.2. The van der Waals surface area contributed by atoms with Crippen LogP contribution in [0.4, 0.5) is 0 Å². The summed E-state index contributed by atoms with van der Waals surface area (Å²) < 4.78 is 0. The fourth-order valence-corrected chi connectivity index (χ4v) is 4.11. The smallest absolute Gasteiger partial charge is 0.226 e. The molecular formula is C15H26N2O. The molecule has 3 heteroatoms. The molecule has 2 N–H and O–H groups in total. The first-order valence-electron chi connectivity index (χ1n) is 7.49. The Balaban J connectivity index is 1.64. The van der Waals surface area contributed by atoms with Crippen molar-refractivity contribution in [2.45, 2.75) is 58.4 Å². The van der Waals surface area contributed by atoms with Gasteiger partial charge in [-0.25, -0.2) is 0 Å². The largest absolute Gasteiger partial charge is 0.342 e. The maximum Gasteiger partial charge on any atom is 0.226 e. The molecule has 18 heavy (non-hydrogen) atoms. The van der Waals surface area contributed by atoms with Gasteiger partial charge in [0.2, 0.25) is 5.91 Å². The Morgan fingerprint density at radius 3 is 2.56 bits per heavy atom. The number of likely N-dealkylation sites (tertiary alicyclic amines) is 1. The average Bonchev–Trinajstić information content (AvgIpc) is 2.79. The van der Waals surface area contributed by atoms with Gasteiger partial charge in [0, 0.05) is 25.0 Å². The van der Waals surface area contributed by atoms with E-state index in [4.69, 9.17) is 5.73 Å². The number of nitrogens with two attached hydrogens (primary N) is 1. The van der Waals surface area contributed by atoms with Crippen LogP contribution in [0.15, 0.2) is 0 Å². The van der Waals surface area contributed by atoms with E-state index in [1.54, 1.807) is 0 Å². The van der Waals surface area contributed by atoms with E-state index in [0.717, 1.165) is 25.9 Å². The predicted octanol–water partition coefficient (Wildman–Crippen LogP) is 2.15. The van der Waals surface area contributed by atoms with Crippen molar-refractivity contribution in [3.05, 3.63) is 0 Å². The zero-order chi connectivity index (χ0) is 13.0. The Kier molecular flexibility index (Phi) is 2.74. The summed E-state index contributed by atoms with van der Waals surface area (Å²) in [5, 5.41) is 0. The van der Waals surface area contributed by atoms with Gasteiger partial charge in [0.1, 0.15) is 0 Å². The van der Waals surface area contributed by atoms with Crippen molar-refractivity contribution in [1.29, 1.82) is 0 Å². The van der Waals surface area contributed by atoms with Crippen LogP contribution in [-0.2, 0) is 4.79 Å². The molecule has 3 aliphatic rings. The van der Waals surface area contributed by atoms with Crippen LogP contribution < -0.4 is 5.73 Å². The Bertz CT molecular complexity index is 358. The first kappa shape index (κ1) is 12.5. The lowest BCUT2D eigenvalue weighted by Gasteiger charge is -2.43. The minimum atomic E-state index is 0.0750. The number of rotatable bonds is 1. The Morgan fingerprint density at radius 2 is 1.94 bits per heavy atom. The van der Waals surface area contributed by atoms with Crippen molar-refractivity contribution in [3.8, 4) is 0 Å². The van der Waals surface area contributed by atoms with Crippen molar-refractivity contribution in [1.82, 2.24) is 4.90 Å². The molecule has 3 rings (SSSR count). The van der Waals surface area contributed by atoms with E-state index in [1.807, 2.05) is 0 Å². The quantitative estimate of drug-likeness (QED) is 0.775. The fourth-order valence-electron chi connectivity index (χ4n) is 4.11. The molecule has 0 aromatic rings. The summed E-state index contributed by atoms with van der Waals surface area (Å²) in [4.78, 5) is 14.7. The summed E-state index contributed by atoms with van der Waals surface area (Å²) in [6.45, 7) is 6.10. The normalized spacial score (nSPS) is 36.9. The van der Waals surface area contributed by atoms with E-state index in [9.17, 15) is 4.79 Å². The van der Waals surface area contributed by atoms with Crippen LogP contribution in [-0.4, -0.2) is 29.9 Å². The average molecular weight is 250 g/mol. The van der Waals surface area contributed by atoms with Gasteiger partial charge in [-0.05, 0) is 36.5 Å². The summed E-state index contributed by atoms with van der Waals surface area (Å²) in [7, 11) is 0. The molecule has 2 saturated carbocycles. The van der Waals surface area contributed by atoms with E-state index in [2.05, 4.69) is 18.7 Å². The molecule has 3 nitrogen and oxygen atoms in total. The van der Waals surface area contributed by atoms with Gasteiger partial charge in [-0.3, -0.25) is 4.79 Å². The molecule has 0 bridgehead atoms. The number of piperidine rings is 1. The van der Waals surface area contributed by atoms with Crippen LogP contribution in [0, 0.1) is 16.7 Å². The molecule has 0 aromatic carbocycles. The molecule has 1 heterocycles. The number of hydrogen-bond donors (Lipinski definition) is 1. The fraction of sp³-hybridized carbons (Fsp3) is 0.933. The second-order valence-electron chi connectivity index (χ2n) is 7.47. The number of carbonyl (C=O) groups is 1. The SMILES string of the molecule is CC1(C)CN(C(=O)C2CC23CCCC3)CCC1N. The van der Waals surface area contributed by atoms with Crippen molar-refractivity contribution < 1.29 is 4.79 Å². The molecule has 0 aromatic heterocycles. The highest BCUT2D eigenvalue weighted by molar-refractivity contribution is 5.83. The predicted molar refractivity (Wildman–Crippen MR) is 72.0 cm³/mol. The lowest BCUT2D eigenvalue weighted by Crippen LogP contribution is -2.54. The van der Waals surface area contributed by atoms with Crippen LogP contribution in [0.3, 0.4) is 0 Å². The number of hydrogen-bond acceptors (Lipinski definition) is 2. The van der Waals surface area contributed by atoms with Crippen molar-refractivity contribution in [3.63, 3.8) is 0 Å². The molecule has 1 spiro atoms. The van der Waals surface area contributed by atoms with Crippen LogP contribution in [0.1, 0.15) is 52.4 Å². The number of carbonyl (C=O) groups excluding carboxylic acids is 1. The van der Waals surface area contributed by atoms with Gasteiger partial charge in [0.25, 0.3) is 0 Å². The first-order valence-corrected chi connectivity index (χ1v) is 7.49. The van der Waals surface area contributed by atoms with Gasteiger partial charge in [0.15, 0.2) is 0 Å². The molecular weight excluding hydrogens is 224 g/mol. The topological polar surface area (TPSA) is 46.3 Å². The van der Waals surface area contributed by atoms with Gasteiger partial charge in [-0.2, -0.15) is 0 Å². The summed E-state index contributed by atoms with van der Waals surface area (Å²) in [6, 6.07) is 0.237. The van der Waals surface area contributed by atoms with Gasteiger partial charge in [-0.15, -0.1) is 0 Å². The third kappa shape index (κ3) is 1.87. The van der Waals surface area contributed by atoms with Crippen LogP contribution in [0.5, 0.6) is 0 Å². The third-order valence-corrected chi connectivity index (χ3v) is 5.71. The maximum atomic E-state index is 12.6. The van der Waals surface area contributed by atoms with E-state index >= 15 is 0 Å². The molecule has 2 unspecified atom stereocenters. The van der Waals surface area contributed by atoms with Crippen molar-refractivity contribution in [2.75, 3.05) is 13.1 Å². The van der Waals surface area contributed by atoms with Gasteiger partial charge in [0.05, 0.1) is 0 Å². The van der Waals surface area contributed by atoms with E-state index in [0.29, 0.717) is 17.2 Å². The molecule has 1 amide bonds. The maximum absolute atomic E-state index is 12.6. The summed E-state index contributed by atoms with van der Waals surface area (Å²) in [5.41, 5.74) is 6.65. The Morgan fingerprint density at radius 1 is 1.28 bits per heavy atom. The zero-order valence-electron chi connectivity index (χ0n) is 11.7. The minimum absolute atomic E-state index is 0.0750. The van der Waals surface area contributed by atoms with Crippen LogP contribution in [0.25, 0.3) is 0 Å². The minimum Gasteiger partial charge on any atom is -0.342 e. The second-order valence-corrected chi connectivity index (χ2v) is 7.47. The zero-order valence-corrected chi connectivity index (χ0v) is 11.7. The molecule has 1 aliphatic heterocycles. The lowest BCUT2D eigenvalue weighted by molar-refractivity contribution is -0.136. The second kappa shape index (κ2) is 3.96. The summed E-state index contributed by atoms with van der Waals surface area (Å²) in [6.07, 6.45) is 7.37. The molecule has 1 saturated heterocycles. The lowest BCUT2D eigenvalue weighted by atomic mass is 9.79. The van der Waals surface area contributed by atoms with Crippen LogP contribution >= 0.6 is 0 Å². The van der Waals surface area contributed by atoms with Gasteiger partial charge < -0.3 is 10.6 Å². The standard InChI is InChI=1S/C15H26N2O/c1-14(2)10-17(8-5-12(14)16)13(18)11-9-15(11)6-3-4-7-15/h11-12H,3-10,16H2,1-2H3. The van der Waals surface area contributed by atoms with E-state index in [1.165, 1.54) is 25.7 Å². The summed E-state index contributed by atoms with van der Waals surface area (Å²) in [5.74, 6) is 0.780. The van der Waals surface area contributed by atoms with Crippen molar-refractivity contribution >= 4 is 5.91 Å². The van der Waals surface area contributed by atoms with E-state index < -0.39 is 0 Å². The van der Waals surface area contributed by atoms with Gasteiger partial charge in [-0.1, -0.05) is 26.7 Å². The highest BCUT2D eigenvalue weighted by Gasteiger charge is 2.59. The molecule has 2 aliphatic carbocycles. The Hall–Kier alpha value is -0.570. The van der Waals surface area contributed by atoms with Crippen molar-refractivity contribution in [2.24, 2.45) is 22.5 Å². The first-order chi connectivity index (χ1) is 8.45. The molecule has 2 atom stereocenters. The van der Waals surface area contributed by atoms with Crippen LogP contribution in [0.2, 0.25) is 0 Å². The highest BCUT2D eigenvalue weighted by Crippen LogP contribution is 2.63. The van der Waals surface area contributed by atoms with E-state index in [-0.39, 0.29) is 11.5 Å². The molecule has 0 radical (unpaired) electrons. The monoisotopic (exact) mass is 250 g/mol. The molecule has 3 fully saturated rings. The summed E-state index contributed by atoms with van der Waals surface area (Å²) >= 11 is 0. The third-order valence-electron chi connectivity index (χ3n) is 5.71. The van der Waals surface area contributed by atoms with Gasteiger partial charge >= 0.3 is 0 Å².